The molecule has 0 aromatic heterocycles. The number of ether oxygens (including phenoxy) is 1. The monoisotopic (exact) mass is 443 g/mol. The van der Waals surface area contributed by atoms with Gasteiger partial charge in [-0.05, 0) is 50.2 Å². The number of amides is 2. The van der Waals surface area contributed by atoms with Crippen molar-refractivity contribution in [2.24, 2.45) is 4.99 Å². The molecule has 1 unspecified atom stereocenters. The molecule has 0 spiro atoms. The number of benzene rings is 2. The summed E-state index contributed by atoms with van der Waals surface area (Å²) in [6.45, 7) is 4.16. The van der Waals surface area contributed by atoms with Crippen LogP contribution in [-0.4, -0.2) is 46.3 Å². The normalized spacial score (nSPS) is 17.1. The number of thioether (sulfide) groups is 1. The minimum Gasteiger partial charge on any atom is -0.462 e. The highest BCUT2D eigenvalue weighted by molar-refractivity contribution is 8.15. The standard InChI is InChI=1S/C22H22FN3O4S/c1-3-26-20(28)18(31-22(26)25-17-8-6-5-7-16(17)23)13-19(27)24-15-11-9-14(10-12-15)21(29)30-4-2/h5-12,18H,3-4,13H2,1-2H3,(H,24,27). The van der Waals surface area contributed by atoms with Crippen LogP contribution in [0.25, 0.3) is 0 Å². The van der Waals surface area contributed by atoms with Gasteiger partial charge >= 0.3 is 5.97 Å². The Kier molecular flexibility index (Phi) is 7.41. The summed E-state index contributed by atoms with van der Waals surface area (Å²) in [4.78, 5) is 42.6. The van der Waals surface area contributed by atoms with Crippen LogP contribution >= 0.6 is 11.8 Å². The van der Waals surface area contributed by atoms with Gasteiger partial charge in [0.15, 0.2) is 5.17 Å². The number of esters is 1. The van der Waals surface area contributed by atoms with Crippen LogP contribution in [0.2, 0.25) is 0 Å². The number of para-hydroxylation sites is 1. The van der Waals surface area contributed by atoms with Crippen molar-refractivity contribution < 1.29 is 23.5 Å². The third-order valence-corrected chi connectivity index (χ3v) is 5.63. The number of nitrogens with zero attached hydrogens (tertiary/aromatic N) is 2. The molecule has 1 aliphatic heterocycles. The average Bonchev–Trinajstić information content (AvgIpc) is 3.04. The molecule has 1 N–H and O–H groups in total. The van der Waals surface area contributed by atoms with Gasteiger partial charge in [-0.1, -0.05) is 23.9 Å². The molecule has 2 amide bonds. The van der Waals surface area contributed by atoms with Crippen molar-refractivity contribution in [2.75, 3.05) is 18.5 Å². The molecule has 0 bridgehead atoms. The Balaban J connectivity index is 1.65. The number of hydrogen-bond donors (Lipinski definition) is 1. The lowest BCUT2D eigenvalue weighted by Crippen LogP contribution is -2.33. The first kappa shape index (κ1) is 22.5. The Morgan fingerprint density at radius 1 is 1.16 bits per heavy atom. The van der Waals surface area contributed by atoms with E-state index in [2.05, 4.69) is 10.3 Å². The lowest BCUT2D eigenvalue weighted by atomic mass is 10.2. The van der Waals surface area contributed by atoms with Crippen LogP contribution in [0.3, 0.4) is 0 Å². The Bertz CT molecular complexity index is 1010. The Labute approximate surface area is 183 Å². The average molecular weight is 444 g/mol. The highest BCUT2D eigenvalue weighted by Gasteiger charge is 2.38. The van der Waals surface area contributed by atoms with Crippen LogP contribution in [0.15, 0.2) is 53.5 Å². The largest absolute Gasteiger partial charge is 0.462 e. The van der Waals surface area contributed by atoms with Crippen LogP contribution < -0.4 is 5.32 Å². The number of anilines is 1. The van der Waals surface area contributed by atoms with Crippen molar-refractivity contribution in [1.82, 2.24) is 4.90 Å². The third-order valence-electron chi connectivity index (χ3n) is 4.46. The molecule has 0 aliphatic carbocycles. The second-order valence-corrected chi connectivity index (χ2v) is 7.75. The molecule has 9 heteroatoms. The summed E-state index contributed by atoms with van der Waals surface area (Å²) in [5.41, 5.74) is 1.03. The van der Waals surface area contributed by atoms with Crippen LogP contribution in [0.5, 0.6) is 0 Å². The number of amidine groups is 1. The van der Waals surface area contributed by atoms with E-state index >= 15 is 0 Å². The van der Waals surface area contributed by atoms with Crippen LogP contribution in [0, 0.1) is 5.82 Å². The SMILES string of the molecule is CCOC(=O)c1ccc(NC(=O)CC2SC(=Nc3ccccc3F)N(CC)C2=O)cc1. The van der Waals surface area contributed by atoms with Crippen molar-refractivity contribution in [3.8, 4) is 0 Å². The molecule has 162 valence electrons. The fourth-order valence-electron chi connectivity index (χ4n) is 2.95. The maximum Gasteiger partial charge on any atom is 0.338 e. The topological polar surface area (TPSA) is 88.1 Å². The molecule has 31 heavy (non-hydrogen) atoms. The number of aliphatic imine (C=N–C) groups is 1. The predicted octanol–water partition coefficient (Wildman–Crippen LogP) is 3.98. The summed E-state index contributed by atoms with van der Waals surface area (Å²) in [7, 11) is 0. The summed E-state index contributed by atoms with van der Waals surface area (Å²) >= 11 is 1.14. The van der Waals surface area contributed by atoms with E-state index in [1.165, 1.54) is 17.0 Å². The molecular formula is C22H22FN3O4S. The Morgan fingerprint density at radius 2 is 1.87 bits per heavy atom. The fraction of sp³-hybridized carbons (Fsp3) is 0.273. The van der Waals surface area contributed by atoms with E-state index in [-0.39, 0.29) is 30.5 Å². The zero-order chi connectivity index (χ0) is 22.4. The fourth-order valence-corrected chi connectivity index (χ4v) is 4.16. The minimum atomic E-state index is -0.649. The summed E-state index contributed by atoms with van der Waals surface area (Å²) in [6.07, 6.45) is -0.0596. The van der Waals surface area contributed by atoms with E-state index < -0.39 is 17.0 Å². The van der Waals surface area contributed by atoms with Crippen molar-refractivity contribution in [1.29, 1.82) is 0 Å². The van der Waals surface area contributed by atoms with Gasteiger partial charge in [0, 0.05) is 18.7 Å². The summed E-state index contributed by atoms with van der Waals surface area (Å²) in [6, 6.07) is 12.4. The van der Waals surface area contributed by atoms with Gasteiger partial charge in [-0.15, -0.1) is 0 Å². The van der Waals surface area contributed by atoms with Gasteiger partial charge in [-0.25, -0.2) is 14.2 Å². The first-order valence-electron chi connectivity index (χ1n) is 9.81. The molecule has 1 heterocycles. The molecule has 0 saturated carbocycles. The quantitative estimate of drug-likeness (QED) is 0.654. The van der Waals surface area contributed by atoms with E-state index in [1.807, 2.05) is 0 Å². The number of rotatable bonds is 7. The lowest BCUT2D eigenvalue weighted by Gasteiger charge is -2.13. The van der Waals surface area contributed by atoms with E-state index in [4.69, 9.17) is 4.74 Å². The van der Waals surface area contributed by atoms with Crippen molar-refractivity contribution in [3.05, 3.63) is 59.9 Å². The smallest absolute Gasteiger partial charge is 0.338 e. The van der Waals surface area contributed by atoms with Gasteiger partial charge in [0.2, 0.25) is 11.8 Å². The maximum atomic E-state index is 13.9. The Morgan fingerprint density at radius 3 is 2.52 bits per heavy atom. The molecule has 3 rings (SSSR count). The van der Waals surface area contributed by atoms with Crippen molar-refractivity contribution in [3.63, 3.8) is 0 Å². The second kappa shape index (κ2) is 10.2. The van der Waals surface area contributed by atoms with Gasteiger partial charge in [-0.3, -0.25) is 14.5 Å². The molecule has 1 atom stereocenters. The van der Waals surface area contributed by atoms with Gasteiger partial charge in [0.1, 0.15) is 16.8 Å². The van der Waals surface area contributed by atoms with E-state index in [1.54, 1.807) is 50.2 Å². The molecular weight excluding hydrogens is 421 g/mol. The summed E-state index contributed by atoms with van der Waals surface area (Å²) in [5, 5.41) is 2.44. The third kappa shape index (κ3) is 5.49. The molecule has 1 saturated heterocycles. The second-order valence-electron chi connectivity index (χ2n) is 6.58. The zero-order valence-corrected chi connectivity index (χ0v) is 17.9. The molecule has 1 aliphatic rings. The van der Waals surface area contributed by atoms with E-state index in [0.717, 1.165) is 11.8 Å². The van der Waals surface area contributed by atoms with Gasteiger partial charge in [-0.2, -0.15) is 0 Å². The number of carbonyl (C=O) groups excluding carboxylic acids is 3. The molecule has 1 fully saturated rings. The Hall–Kier alpha value is -3.20. The number of carbonyl (C=O) groups is 3. The van der Waals surface area contributed by atoms with Crippen molar-refractivity contribution in [2.45, 2.75) is 25.5 Å². The maximum absolute atomic E-state index is 13.9. The van der Waals surface area contributed by atoms with Crippen molar-refractivity contribution >= 4 is 46.1 Å². The molecule has 7 nitrogen and oxygen atoms in total. The van der Waals surface area contributed by atoms with Crippen LogP contribution in [0.1, 0.15) is 30.6 Å². The summed E-state index contributed by atoms with van der Waals surface area (Å²) < 4.78 is 18.9. The highest BCUT2D eigenvalue weighted by Crippen LogP contribution is 2.32. The lowest BCUT2D eigenvalue weighted by molar-refractivity contribution is -0.128. The van der Waals surface area contributed by atoms with E-state index in [9.17, 15) is 18.8 Å². The number of halogens is 1. The van der Waals surface area contributed by atoms with E-state index in [0.29, 0.717) is 23.0 Å². The summed E-state index contributed by atoms with van der Waals surface area (Å²) in [5.74, 6) is -1.51. The van der Waals surface area contributed by atoms with Crippen LogP contribution in [0.4, 0.5) is 15.8 Å². The van der Waals surface area contributed by atoms with Gasteiger partial charge in [0.05, 0.1) is 12.2 Å². The first-order chi connectivity index (χ1) is 14.9. The zero-order valence-electron chi connectivity index (χ0n) is 17.1. The predicted molar refractivity (Wildman–Crippen MR) is 118 cm³/mol. The molecule has 2 aromatic rings. The molecule has 2 aromatic carbocycles. The number of nitrogens with one attached hydrogen (secondary N) is 1. The first-order valence-corrected chi connectivity index (χ1v) is 10.7. The number of hydrogen-bond acceptors (Lipinski definition) is 6. The van der Waals surface area contributed by atoms with Gasteiger partial charge in [0.25, 0.3) is 0 Å². The molecule has 0 radical (unpaired) electrons. The van der Waals surface area contributed by atoms with Crippen LogP contribution in [-0.2, 0) is 14.3 Å². The minimum absolute atomic E-state index is 0.0596. The van der Waals surface area contributed by atoms with Gasteiger partial charge < -0.3 is 10.1 Å². The highest BCUT2D eigenvalue weighted by atomic mass is 32.2.